The maximum Gasteiger partial charge on any atom is 0.311 e. The summed E-state index contributed by atoms with van der Waals surface area (Å²) in [5, 5.41) is 0. The lowest BCUT2D eigenvalue weighted by atomic mass is 10.2. The van der Waals surface area contributed by atoms with Crippen LogP contribution in [0, 0.1) is 5.92 Å². The lowest BCUT2D eigenvalue weighted by Crippen LogP contribution is -2.24. The first kappa shape index (κ1) is 20.9. The Morgan fingerprint density at radius 3 is 2.00 bits per heavy atom. The number of rotatable bonds is 10. The summed E-state index contributed by atoms with van der Waals surface area (Å²) < 4.78 is 9.96. The topological polar surface area (TPSA) is 52.6 Å². The van der Waals surface area contributed by atoms with Crippen LogP contribution in [0.1, 0.15) is 47.0 Å². The average molecular weight is 320 g/mol. The molecule has 4 nitrogen and oxygen atoms in total. The Labute approximate surface area is 139 Å². The molecule has 0 saturated carbocycles. The monoisotopic (exact) mass is 320 g/mol. The Morgan fingerprint density at radius 2 is 1.43 bits per heavy atom. The fourth-order valence-electron chi connectivity index (χ4n) is 1.41. The van der Waals surface area contributed by atoms with Crippen molar-refractivity contribution in [1.82, 2.24) is 0 Å². The van der Waals surface area contributed by atoms with Gasteiger partial charge in [0.05, 0.1) is 5.92 Å². The molecule has 0 amide bonds. The highest BCUT2D eigenvalue weighted by atomic mass is 16.7. The number of carbonyl (C=O) groups excluding carboxylic acids is 2. The van der Waals surface area contributed by atoms with E-state index in [9.17, 15) is 9.59 Å². The summed E-state index contributed by atoms with van der Waals surface area (Å²) in [5.74, 6) is -0.998. The summed E-state index contributed by atoms with van der Waals surface area (Å²) in [6.45, 7) is 7.08. The molecule has 0 aliphatic carbocycles. The van der Waals surface area contributed by atoms with Gasteiger partial charge in [-0.05, 0) is 12.8 Å². The SMILES string of the molecule is CC\C=C/C=C\C=C/C=C\CCC(=O)OC(C)OC(=O)C(C)C. The third-order valence-corrected chi connectivity index (χ3v) is 2.63. The smallest absolute Gasteiger partial charge is 0.311 e. The number of carbonyl (C=O) groups is 2. The number of esters is 2. The predicted octanol–water partition coefficient (Wildman–Crippen LogP) is 4.49. The van der Waals surface area contributed by atoms with Crippen LogP contribution in [-0.4, -0.2) is 18.2 Å². The van der Waals surface area contributed by atoms with Crippen LogP contribution in [0.3, 0.4) is 0 Å². The highest BCUT2D eigenvalue weighted by Crippen LogP contribution is 2.04. The summed E-state index contributed by atoms with van der Waals surface area (Å²) in [7, 11) is 0. The van der Waals surface area contributed by atoms with Crippen molar-refractivity contribution in [2.24, 2.45) is 5.92 Å². The van der Waals surface area contributed by atoms with Gasteiger partial charge < -0.3 is 9.47 Å². The van der Waals surface area contributed by atoms with Gasteiger partial charge in [0.25, 0.3) is 0 Å². The van der Waals surface area contributed by atoms with Gasteiger partial charge in [0.2, 0.25) is 6.29 Å². The zero-order chi connectivity index (χ0) is 17.5. The van der Waals surface area contributed by atoms with Crippen LogP contribution in [0.4, 0.5) is 0 Å². The molecule has 0 aliphatic heterocycles. The van der Waals surface area contributed by atoms with Crippen LogP contribution in [0.25, 0.3) is 0 Å². The molecule has 0 radical (unpaired) electrons. The van der Waals surface area contributed by atoms with E-state index in [2.05, 4.69) is 13.0 Å². The molecule has 0 fully saturated rings. The van der Waals surface area contributed by atoms with E-state index in [4.69, 9.17) is 9.47 Å². The van der Waals surface area contributed by atoms with Crippen LogP contribution < -0.4 is 0 Å². The van der Waals surface area contributed by atoms with Gasteiger partial charge >= 0.3 is 11.9 Å². The second-order valence-corrected chi connectivity index (χ2v) is 5.22. The molecule has 0 spiro atoms. The molecular formula is C19H28O4. The van der Waals surface area contributed by atoms with Crippen molar-refractivity contribution in [1.29, 1.82) is 0 Å². The molecule has 0 aliphatic rings. The van der Waals surface area contributed by atoms with Crippen molar-refractivity contribution in [3.8, 4) is 0 Å². The summed E-state index contributed by atoms with van der Waals surface area (Å²) in [6.07, 6.45) is 16.6. The molecule has 0 rings (SSSR count). The summed E-state index contributed by atoms with van der Waals surface area (Å²) in [5.41, 5.74) is 0. The zero-order valence-corrected chi connectivity index (χ0v) is 14.5. The molecule has 1 atom stereocenters. The van der Waals surface area contributed by atoms with E-state index in [0.29, 0.717) is 6.42 Å². The number of ether oxygens (including phenoxy) is 2. The lowest BCUT2D eigenvalue weighted by molar-refractivity contribution is -0.186. The second-order valence-electron chi connectivity index (χ2n) is 5.22. The molecule has 0 heterocycles. The minimum atomic E-state index is -0.845. The first-order valence-corrected chi connectivity index (χ1v) is 8.02. The van der Waals surface area contributed by atoms with Crippen molar-refractivity contribution in [2.75, 3.05) is 0 Å². The predicted molar refractivity (Wildman–Crippen MR) is 92.6 cm³/mol. The van der Waals surface area contributed by atoms with E-state index >= 15 is 0 Å². The molecule has 0 N–H and O–H groups in total. The van der Waals surface area contributed by atoms with Crippen molar-refractivity contribution >= 4 is 11.9 Å². The van der Waals surface area contributed by atoms with E-state index in [1.165, 1.54) is 6.92 Å². The highest BCUT2D eigenvalue weighted by molar-refractivity contribution is 5.72. The van der Waals surface area contributed by atoms with Gasteiger partial charge in [-0.25, -0.2) is 0 Å². The molecule has 0 saturated heterocycles. The van der Waals surface area contributed by atoms with Gasteiger partial charge in [-0.3, -0.25) is 9.59 Å². The first-order chi connectivity index (χ1) is 11.0. The average Bonchev–Trinajstić information content (AvgIpc) is 2.48. The van der Waals surface area contributed by atoms with Gasteiger partial charge in [-0.15, -0.1) is 0 Å². The third kappa shape index (κ3) is 13.3. The quantitative estimate of drug-likeness (QED) is 0.338. The van der Waals surface area contributed by atoms with Crippen LogP contribution in [0.15, 0.2) is 48.6 Å². The Morgan fingerprint density at radius 1 is 0.870 bits per heavy atom. The Hall–Kier alpha value is -2.10. The van der Waals surface area contributed by atoms with E-state index in [1.807, 2.05) is 42.5 Å². The molecule has 0 aromatic rings. The number of allylic oxidation sites excluding steroid dienone is 8. The molecule has 4 heteroatoms. The van der Waals surface area contributed by atoms with E-state index < -0.39 is 6.29 Å². The summed E-state index contributed by atoms with van der Waals surface area (Å²) in [6, 6.07) is 0. The van der Waals surface area contributed by atoms with E-state index in [1.54, 1.807) is 13.8 Å². The minimum Gasteiger partial charge on any atom is -0.425 e. The third-order valence-electron chi connectivity index (χ3n) is 2.63. The van der Waals surface area contributed by atoms with Crippen LogP contribution >= 0.6 is 0 Å². The van der Waals surface area contributed by atoms with Crippen molar-refractivity contribution < 1.29 is 19.1 Å². The minimum absolute atomic E-state index is 0.239. The molecule has 0 aromatic carbocycles. The zero-order valence-electron chi connectivity index (χ0n) is 14.5. The largest absolute Gasteiger partial charge is 0.425 e. The second kappa shape index (κ2) is 13.6. The molecule has 23 heavy (non-hydrogen) atoms. The number of hydrogen-bond donors (Lipinski definition) is 0. The Kier molecular flexibility index (Phi) is 12.3. The van der Waals surface area contributed by atoms with Gasteiger partial charge in [-0.2, -0.15) is 0 Å². The summed E-state index contributed by atoms with van der Waals surface area (Å²) >= 11 is 0. The van der Waals surface area contributed by atoms with Gasteiger partial charge in [-0.1, -0.05) is 69.4 Å². The van der Waals surface area contributed by atoms with Crippen LogP contribution in [0.2, 0.25) is 0 Å². The molecule has 0 aromatic heterocycles. The van der Waals surface area contributed by atoms with Crippen molar-refractivity contribution in [2.45, 2.75) is 53.2 Å². The fourth-order valence-corrected chi connectivity index (χ4v) is 1.41. The number of hydrogen-bond acceptors (Lipinski definition) is 4. The maximum absolute atomic E-state index is 11.6. The fraction of sp³-hybridized carbons (Fsp3) is 0.474. The van der Waals surface area contributed by atoms with Crippen molar-refractivity contribution in [3.05, 3.63) is 48.6 Å². The molecule has 0 bridgehead atoms. The van der Waals surface area contributed by atoms with Gasteiger partial charge in [0, 0.05) is 13.3 Å². The summed E-state index contributed by atoms with van der Waals surface area (Å²) in [4.78, 5) is 22.9. The highest BCUT2D eigenvalue weighted by Gasteiger charge is 2.15. The first-order valence-electron chi connectivity index (χ1n) is 8.02. The van der Waals surface area contributed by atoms with Crippen LogP contribution in [-0.2, 0) is 19.1 Å². The standard InChI is InChI=1S/C19H28O4/c1-5-6-7-8-9-10-11-12-13-14-15-18(20)22-17(4)23-19(21)16(2)3/h6-13,16-17H,5,14-15H2,1-4H3/b7-6-,9-8-,11-10-,13-12-. The van der Waals surface area contributed by atoms with E-state index in [0.717, 1.165) is 6.42 Å². The Balaban J connectivity index is 3.87. The molecule has 128 valence electrons. The normalized spacial score (nSPS) is 13.6. The van der Waals surface area contributed by atoms with Gasteiger partial charge in [0.15, 0.2) is 0 Å². The van der Waals surface area contributed by atoms with Gasteiger partial charge in [0.1, 0.15) is 0 Å². The van der Waals surface area contributed by atoms with Crippen molar-refractivity contribution in [3.63, 3.8) is 0 Å². The molecular weight excluding hydrogens is 292 g/mol. The van der Waals surface area contributed by atoms with Crippen LogP contribution in [0.5, 0.6) is 0 Å². The maximum atomic E-state index is 11.6. The van der Waals surface area contributed by atoms with E-state index in [-0.39, 0.29) is 24.3 Å². The molecule has 1 unspecified atom stereocenters. The lowest BCUT2D eigenvalue weighted by Gasteiger charge is -2.15. The Bertz CT molecular complexity index is 456.